The summed E-state index contributed by atoms with van der Waals surface area (Å²) >= 11 is 0. The van der Waals surface area contributed by atoms with Gasteiger partial charge in [-0.3, -0.25) is 4.79 Å². The Kier molecular flexibility index (Phi) is 5.15. The molecule has 14 heavy (non-hydrogen) atoms. The smallest absolute Gasteiger partial charge is 0.326 e. The Bertz CT molecular complexity index is 216. The fourth-order valence-electron chi connectivity index (χ4n) is 0.877. The van der Waals surface area contributed by atoms with Crippen LogP contribution in [0.5, 0.6) is 0 Å². The molecule has 0 saturated heterocycles. The lowest BCUT2D eigenvalue weighted by Gasteiger charge is -2.22. The van der Waals surface area contributed by atoms with Crippen LogP contribution in [0.15, 0.2) is 0 Å². The molecule has 82 valence electrons. The lowest BCUT2D eigenvalue weighted by Crippen LogP contribution is -2.41. The normalized spacial score (nSPS) is 12.6. The third-order valence-corrected chi connectivity index (χ3v) is 2.10. The number of aliphatic carboxylic acids is 1. The summed E-state index contributed by atoms with van der Waals surface area (Å²) in [5.41, 5.74) is 0. The van der Waals surface area contributed by atoms with Crippen LogP contribution in [-0.4, -0.2) is 60.5 Å². The van der Waals surface area contributed by atoms with Crippen molar-refractivity contribution < 1.29 is 14.7 Å². The van der Waals surface area contributed by atoms with Gasteiger partial charge in [0.15, 0.2) is 0 Å². The van der Waals surface area contributed by atoms with Crippen molar-refractivity contribution in [3.63, 3.8) is 0 Å². The second kappa shape index (κ2) is 5.59. The molecule has 0 aliphatic carbocycles. The van der Waals surface area contributed by atoms with Crippen molar-refractivity contribution in [2.75, 3.05) is 27.7 Å². The van der Waals surface area contributed by atoms with Crippen molar-refractivity contribution in [2.24, 2.45) is 0 Å². The zero-order valence-electron chi connectivity index (χ0n) is 9.15. The van der Waals surface area contributed by atoms with Gasteiger partial charge in [-0.05, 0) is 21.0 Å². The number of hydrogen-bond donors (Lipinski definition) is 1. The van der Waals surface area contributed by atoms with E-state index in [0.717, 1.165) is 0 Å². The quantitative estimate of drug-likeness (QED) is 0.674. The van der Waals surface area contributed by atoms with Gasteiger partial charge in [0.05, 0.1) is 0 Å². The van der Waals surface area contributed by atoms with E-state index in [2.05, 4.69) is 0 Å². The van der Waals surface area contributed by atoms with Crippen LogP contribution in [0.3, 0.4) is 0 Å². The van der Waals surface area contributed by atoms with E-state index in [0.29, 0.717) is 13.0 Å². The van der Waals surface area contributed by atoms with E-state index >= 15 is 0 Å². The van der Waals surface area contributed by atoms with E-state index in [1.807, 2.05) is 19.0 Å². The number of carboxylic acids is 1. The largest absolute Gasteiger partial charge is 0.480 e. The van der Waals surface area contributed by atoms with E-state index < -0.39 is 12.0 Å². The molecule has 0 aromatic rings. The highest BCUT2D eigenvalue weighted by Gasteiger charge is 2.20. The molecule has 0 aliphatic heterocycles. The topological polar surface area (TPSA) is 60.9 Å². The monoisotopic (exact) mass is 202 g/mol. The molecule has 0 aliphatic rings. The molecule has 1 N–H and O–H groups in total. The van der Waals surface area contributed by atoms with Gasteiger partial charge >= 0.3 is 5.97 Å². The fourth-order valence-corrected chi connectivity index (χ4v) is 0.877. The highest BCUT2D eigenvalue weighted by Crippen LogP contribution is 1.99. The molecule has 0 aromatic carbocycles. The van der Waals surface area contributed by atoms with Crippen molar-refractivity contribution in [2.45, 2.75) is 19.4 Å². The lowest BCUT2D eigenvalue weighted by atomic mass is 10.2. The Hall–Kier alpha value is -1.10. The second-order valence-corrected chi connectivity index (χ2v) is 3.57. The number of amides is 1. The molecule has 0 radical (unpaired) electrons. The number of carbonyl (C=O) groups excluding carboxylic acids is 1. The predicted molar refractivity (Wildman–Crippen MR) is 53.0 cm³/mol. The van der Waals surface area contributed by atoms with Gasteiger partial charge in [0.2, 0.25) is 5.91 Å². The van der Waals surface area contributed by atoms with Crippen LogP contribution in [-0.2, 0) is 9.59 Å². The first kappa shape index (κ1) is 12.9. The molecule has 0 fully saturated rings. The van der Waals surface area contributed by atoms with Crippen molar-refractivity contribution in [3.8, 4) is 0 Å². The van der Waals surface area contributed by atoms with Gasteiger partial charge in [-0.2, -0.15) is 0 Å². The van der Waals surface area contributed by atoms with Crippen molar-refractivity contribution >= 4 is 11.9 Å². The van der Waals surface area contributed by atoms with Crippen LogP contribution in [0.2, 0.25) is 0 Å². The maximum atomic E-state index is 11.4. The van der Waals surface area contributed by atoms with Crippen LogP contribution in [0, 0.1) is 0 Å². The zero-order valence-corrected chi connectivity index (χ0v) is 9.15. The first-order valence-electron chi connectivity index (χ1n) is 4.49. The lowest BCUT2D eigenvalue weighted by molar-refractivity contribution is -0.148. The maximum Gasteiger partial charge on any atom is 0.326 e. The third-order valence-electron chi connectivity index (χ3n) is 2.10. The van der Waals surface area contributed by atoms with Crippen molar-refractivity contribution in [1.82, 2.24) is 9.80 Å². The van der Waals surface area contributed by atoms with Gasteiger partial charge in [-0.1, -0.05) is 0 Å². The molecular weight excluding hydrogens is 184 g/mol. The average Bonchev–Trinajstić information content (AvgIpc) is 2.11. The van der Waals surface area contributed by atoms with Gasteiger partial charge in [0.25, 0.3) is 0 Å². The molecule has 1 amide bonds. The number of carboxylic acid groups (broad SMARTS) is 1. The number of likely N-dealkylation sites (N-methyl/N-ethyl adjacent to an activating group) is 1. The number of carbonyl (C=O) groups is 2. The van der Waals surface area contributed by atoms with Gasteiger partial charge in [-0.25, -0.2) is 4.79 Å². The van der Waals surface area contributed by atoms with E-state index in [9.17, 15) is 9.59 Å². The summed E-state index contributed by atoms with van der Waals surface area (Å²) in [7, 11) is 5.25. The average molecular weight is 202 g/mol. The summed E-state index contributed by atoms with van der Waals surface area (Å²) in [4.78, 5) is 25.2. The molecule has 0 aromatic heterocycles. The van der Waals surface area contributed by atoms with Crippen LogP contribution >= 0.6 is 0 Å². The van der Waals surface area contributed by atoms with Gasteiger partial charge in [0, 0.05) is 20.0 Å². The van der Waals surface area contributed by atoms with Crippen molar-refractivity contribution in [1.29, 1.82) is 0 Å². The SMILES string of the molecule is C[C@@H](C(=O)O)N(C)C(=O)CCN(C)C. The minimum Gasteiger partial charge on any atom is -0.480 e. The van der Waals surface area contributed by atoms with E-state index in [1.165, 1.54) is 18.9 Å². The van der Waals surface area contributed by atoms with Gasteiger partial charge < -0.3 is 14.9 Å². The molecular formula is C9H18N2O3. The van der Waals surface area contributed by atoms with Gasteiger partial charge in [0.1, 0.15) is 6.04 Å². The summed E-state index contributed by atoms with van der Waals surface area (Å²) in [6.45, 7) is 2.13. The van der Waals surface area contributed by atoms with Crippen LogP contribution in [0.25, 0.3) is 0 Å². The molecule has 5 nitrogen and oxygen atoms in total. The maximum absolute atomic E-state index is 11.4. The highest BCUT2D eigenvalue weighted by molar-refractivity contribution is 5.83. The molecule has 0 rings (SSSR count). The molecule has 0 saturated carbocycles. The van der Waals surface area contributed by atoms with Crippen LogP contribution in [0.4, 0.5) is 0 Å². The predicted octanol–water partition coefficient (Wildman–Crippen LogP) is -0.130. The number of hydrogen-bond acceptors (Lipinski definition) is 3. The number of rotatable bonds is 5. The fraction of sp³-hybridized carbons (Fsp3) is 0.778. The Morgan fingerprint density at radius 2 is 1.79 bits per heavy atom. The first-order valence-corrected chi connectivity index (χ1v) is 4.49. The summed E-state index contributed by atoms with van der Waals surface area (Å²) in [6, 6.07) is -0.760. The Labute approximate surface area is 84.3 Å². The summed E-state index contributed by atoms with van der Waals surface area (Å²) in [5.74, 6) is -1.13. The standard InChI is InChI=1S/C9H18N2O3/c1-7(9(13)14)11(4)8(12)5-6-10(2)3/h7H,5-6H2,1-4H3,(H,13,14)/t7-/m0/s1. The Morgan fingerprint density at radius 3 is 2.14 bits per heavy atom. The molecule has 0 heterocycles. The summed E-state index contributed by atoms with van der Waals surface area (Å²) < 4.78 is 0. The first-order chi connectivity index (χ1) is 6.36. The van der Waals surface area contributed by atoms with E-state index in [4.69, 9.17) is 5.11 Å². The zero-order chi connectivity index (χ0) is 11.3. The minimum absolute atomic E-state index is 0.145. The highest BCUT2D eigenvalue weighted by atomic mass is 16.4. The third kappa shape index (κ3) is 4.23. The molecule has 0 bridgehead atoms. The van der Waals surface area contributed by atoms with E-state index in [-0.39, 0.29) is 5.91 Å². The summed E-state index contributed by atoms with van der Waals surface area (Å²) in [5, 5.41) is 8.67. The van der Waals surface area contributed by atoms with Crippen molar-refractivity contribution in [3.05, 3.63) is 0 Å². The second-order valence-electron chi connectivity index (χ2n) is 3.57. The molecule has 5 heteroatoms. The molecule has 0 spiro atoms. The Balaban J connectivity index is 4.05. The summed E-state index contributed by atoms with van der Waals surface area (Å²) in [6.07, 6.45) is 0.348. The van der Waals surface area contributed by atoms with Crippen LogP contribution in [0.1, 0.15) is 13.3 Å². The Morgan fingerprint density at radius 1 is 1.29 bits per heavy atom. The molecule has 0 unspecified atom stereocenters. The minimum atomic E-state index is -0.981. The molecule has 1 atom stereocenters. The van der Waals surface area contributed by atoms with Gasteiger partial charge in [-0.15, -0.1) is 0 Å². The van der Waals surface area contributed by atoms with Crippen LogP contribution < -0.4 is 0 Å². The number of nitrogens with zero attached hydrogens (tertiary/aromatic N) is 2. The van der Waals surface area contributed by atoms with E-state index in [1.54, 1.807) is 0 Å².